The number of nitro benzene ring substituents is 1. The number of rotatable bonds is 10. The Labute approximate surface area is 275 Å². The van der Waals surface area contributed by atoms with Crippen LogP contribution in [0.15, 0.2) is 139 Å². The fourth-order valence-corrected chi connectivity index (χ4v) is 5.54. The van der Waals surface area contributed by atoms with Gasteiger partial charge in [-0.1, -0.05) is 92.7 Å². The molecule has 4 aromatic rings. The van der Waals surface area contributed by atoms with Crippen LogP contribution in [0.5, 0.6) is 5.75 Å². The van der Waals surface area contributed by atoms with E-state index in [9.17, 15) is 10.1 Å². The maximum absolute atomic E-state index is 11.2. The summed E-state index contributed by atoms with van der Waals surface area (Å²) in [5.41, 5.74) is 7.78. The summed E-state index contributed by atoms with van der Waals surface area (Å²) in [5.74, 6) is 1.32. The van der Waals surface area contributed by atoms with Crippen LogP contribution < -0.4 is 26.6 Å². The molecule has 0 saturated heterocycles. The van der Waals surface area contributed by atoms with Crippen LogP contribution in [0.1, 0.15) is 42.0 Å². The molecule has 0 N–H and O–H groups in total. The summed E-state index contributed by atoms with van der Waals surface area (Å²) in [6.07, 6.45) is 12.9. The highest BCUT2D eigenvalue weighted by Gasteiger charge is 2.37. The van der Waals surface area contributed by atoms with Crippen LogP contribution in [0, 0.1) is 16.0 Å². The molecule has 0 amide bonds. The summed E-state index contributed by atoms with van der Waals surface area (Å²) < 4.78 is 6.16. The topological polar surface area (TPSA) is 58.9 Å². The summed E-state index contributed by atoms with van der Waals surface area (Å²) in [6.45, 7) is 5.65. The first-order valence-electron chi connectivity index (χ1n) is 14.9. The lowest BCUT2D eigenvalue weighted by Gasteiger charge is -2.32. The van der Waals surface area contributed by atoms with Crippen molar-refractivity contribution in [3.8, 4) is 5.75 Å². The number of halogens is 1. The fourth-order valence-electron chi connectivity index (χ4n) is 5.54. The molecule has 0 radical (unpaired) electrons. The van der Waals surface area contributed by atoms with Gasteiger partial charge in [-0.05, 0) is 58.5 Å². The zero-order valence-corrected chi connectivity index (χ0v) is 26.9. The van der Waals surface area contributed by atoms with Crippen LogP contribution in [0.25, 0.3) is 12.2 Å². The summed E-state index contributed by atoms with van der Waals surface area (Å²) >= 11 is 0. The fraction of sp³-hybridized carbons (Fsp3) is 0.158. The van der Waals surface area contributed by atoms with E-state index in [4.69, 9.17) is 4.74 Å². The molecule has 1 atom stereocenters. The van der Waals surface area contributed by atoms with E-state index in [1.54, 1.807) is 24.3 Å². The Balaban J connectivity index is 0.00000400. The molecule has 2 heterocycles. The van der Waals surface area contributed by atoms with Crippen molar-refractivity contribution in [1.82, 2.24) is 4.90 Å². The minimum absolute atomic E-state index is 0. The average Bonchev–Trinajstić information content (AvgIpc) is 3.36. The molecular formula is C38H35BrN3O3-. The zero-order valence-electron chi connectivity index (χ0n) is 25.3. The van der Waals surface area contributed by atoms with Gasteiger partial charge in [0, 0.05) is 43.1 Å². The number of benzene rings is 4. The van der Waals surface area contributed by atoms with E-state index in [1.165, 1.54) is 11.1 Å². The van der Waals surface area contributed by atoms with Crippen LogP contribution in [-0.2, 0) is 6.54 Å². The average molecular weight is 662 g/mol. The number of nitro groups is 1. The van der Waals surface area contributed by atoms with Crippen molar-refractivity contribution in [2.75, 3.05) is 11.5 Å². The monoisotopic (exact) mass is 660 g/mol. The standard InChI is InChI=1S/C38H35N3O3.BrH/c1-28(2)27-44-33-18-19-34-35-22-23-39(26-31-11-7-4-8-12-31)36(20-15-30-13-16-32(17-14-30)41(42)43)38(35)40(37(34)25-33)24-21-29-9-5-3-6-10-29;/h3-25,28,35H,26-27H2,1-2H3;1H/p-1/b20-15+,24-21+;. The van der Waals surface area contributed by atoms with Gasteiger partial charge in [0.05, 0.1) is 28.6 Å². The Hall–Kier alpha value is -4.88. The van der Waals surface area contributed by atoms with E-state index < -0.39 is 0 Å². The highest BCUT2D eigenvalue weighted by atomic mass is 79.9. The number of allylic oxidation sites excluding steroid dienone is 2. The van der Waals surface area contributed by atoms with E-state index in [0.29, 0.717) is 19.1 Å². The Bertz CT molecular complexity index is 1750. The first-order chi connectivity index (χ1) is 21.5. The molecule has 2 aliphatic rings. The lowest BCUT2D eigenvalue weighted by molar-refractivity contribution is -0.384. The predicted octanol–water partition coefficient (Wildman–Crippen LogP) is 6.16. The molecule has 6 rings (SSSR count). The smallest absolute Gasteiger partial charge is 0.269 e. The third kappa shape index (κ3) is 7.27. The molecule has 0 aromatic heterocycles. The SMILES string of the molecule is CC(C)COc1ccc2c(c1)N(/C=C/c1ccccc1)C1=C(/C=C/c3ccc([N+](=O)[O-])cc3)N(Cc3ccccc3)C=CC12.[Br-]. The highest BCUT2D eigenvalue weighted by Crippen LogP contribution is 2.50. The van der Waals surface area contributed by atoms with Crippen LogP contribution in [0.2, 0.25) is 0 Å². The van der Waals surface area contributed by atoms with Gasteiger partial charge < -0.3 is 31.5 Å². The predicted molar refractivity (Wildman–Crippen MR) is 178 cm³/mol. The number of ether oxygens (including phenoxy) is 1. The Kier molecular flexibility index (Phi) is 10.0. The van der Waals surface area contributed by atoms with Gasteiger partial charge in [0.2, 0.25) is 0 Å². The number of non-ortho nitro benzene ring substituents is 1. The molecule has 45 heavy (non-hydrogen) atoms. The second kappa shape index (κ2) is 14.3. The first-order valence-corrected chi connectivity index (χ1v) is 14.9. The van der Waals surface area contributed by atoms with Crippen molar-refractivity contribution in [1.29, 1.82) is 0 Å². The number of anilines is 1. The third-order valence-electron chi connectivity index (χ3n) is 7.71. The van der Waals surface area contributed by atoms with E-state index in [2.05, 4.69) is 109 Å². The molecule has 0 aliphatic carbocycles. The largest absolute Gasteiger partial charge is 1.00 e. The molecule has 0 saturated carbocycles. The maximum atomic E-state index is 11.2. The molecule has 1 unspecified atom stereocenters. The normalized spacial score (nSPS) is 15.5. The Morgan fingerprint density at radius 3 is 2.24 bits per heavy atom. The van der Waals surface area contributed by atoms with Gasteiger partial charge in [-0.25, -0.2) is 0 Å². The number of hydrogen-bond donors (Lipinski definition) is 0. The zero-order chi connectivity index (χ0) is 30.5. The van der Waals surface area contributed by atoms with Crippen molar-refractivity contribution in [2.24, 2.45) is 5.92 Å². The van der Waals surface area contributed by atoms with Gasteiger partial charge in [0.1, 0.15) is 5.75 Å². The minimum atomic E-state index is -0.373. The van der Waals surface area contributed by atoms with Crippen molar-refractivity contribution < 1.29 is 26.6 Å². The second-order valence-corrected chi connectivity index (χ2v) is 11.4. The van der Waals surface area contributed by atoms with E-state index in [0.717, 1.165) is 34.0 Å². The highest BCUT2D eigenvalue weighted by molar-refractivity contribution is 5.77. The van der Waals surface area contributed by atoms with Crippen LogP contribution in [-0.4, -0.2) is 16.4 Å². The third-order valence-corrected chi connectivity index (χ3v) is 7.71. The molecular weight excluding hydrogens is 626 g/mol. The summed E-state index contributed by atoms with van der Waals surface area (Å²) in [4.78, 5) is 15.4. The number of hydrogen-bond acceptors (Lipinski definition) is 5. The van der Waals surface area contributed by atoms with Gasteiger partial charge in [-0.3, -0.25) is 10.1 Å². The molecule has 228 valence electrons. The van der Waals surface area contributed by atoms with Gasteiger partial charge in [0.15, 0.2) is 0 Å². The van der Waals surface area contributed by atoms with Crippen molar-refractivity contribution >= 4 is 23.5 Å². The summed E-state index contributed by atoms with van der Waals surface area (Å²) in [6, 6.07) is 33.8. The number of fused-ring (bicyclic) bond motifs is 3. The van der Waals surface area contributed by atoms with Crippen molar-refractivity contribution in [3.63, 3.8) is 0 Å². The molecule has 0 fully saturated rings. The summed E-state index contributed by atoms with van der Waals surface area (Å²) in [5, 5.41) is 11.2. The number of nitrogens with zero attached hydrogens (tertiary/aromatic N) is 3. The minimum Gasteiger partial charge on any atom is -1.00 e. The van der Waals surface area contributed by atoms with Gasteiger partial charge in [0.25, 0.3) is 5.69 Å². The van der Waals surface area contributed by atoms with Crippen molar-refractivity contribution in [2.45, 2.75) is 26.3 Å². The Morgan fingerprint density at radius 2 is 1.56 bits per heavy atom. The molecule has 2 aliphatic heterocycles. The molecule has 0 bridgehead atoms. The maximum Gasteiger partial charge on any atom is 0.269 e. The quantitative estimate of drug-likeness (QED) is 0.151. The molecule has 7 heteroatoms. The van der Waals surface area contributed by atoms with Gasteiger partial charge in [-0.2, -0.15) is 0 Å². The summed E-state index contributed by atoms with van der Waals surface area (Å²) in [7, 11) is 0. The van der Waals surface area contributed by atoms with E-state index >= 15 is 0 Å². The van der Waals surface area contributed by atoms with Crippen LogP contribution >= 0.6 is 0 Å². The molecule has 6 nitrogen and oxygen atoms in total. The van der Waals surface area contributed by atoms with Crippen molar-refractivity contribution in [3.05, 3.63) is 171 Å². The lowest BCUT2D eigenvalue weighted by atomic mass is 9.94. The van der Waals surface area contributed by atoms with E-state index in [-0.39, 0.29) is 33.5 Å². The lowest BCUT2D eigenvalue weighted by Crippen LogP contribution is -3.00. The van der Waals surface area contributed by atoms with Gasteiger partial charge in [-0.15, -0.1) is 0 Å². The van der Waals surface area contributed by atoms with Gasteiger partial charge >= 0.3 is 0 Å². The first kappa shape index (κ1) is 31.5. The van der Waals surface area contributed by atoms with E-state index in [1.807, 2.05) is 30.3 Å². The molecule has 0 spiro atoms. The van der Waals surface area contributed by atoms with Crippen LogP contribution in [0.4, 0.5) is 11.4 Å². The van der Waals surface area contributed by atoms with Crippen LogP contribution in [0.3, 0.4) is 0 Å². The molecule has 4 aromatic carbocycles. The Morgan fingerprint density at radius 1 is 0.867 bits per heavy atom. The second-order valence-electron chi connectivity index (χ2n) is 11.4.